The first kappa shape index (κ1) is 73.7. The molecule has 2 aromatic carbocycles. The first-order valence-electron chi connectivity index (χ1n) is 25.1. The first-order valence-corrected chi connectivity index (χ1v) is 25.1. The summed E-state index contributed by atoms with van der Waals surface area (Å²) in [6.07, 6.45) is -2.99. The SMILES string of the molecule is N#CC(C#N)=c1c(F)c(F)c(=C(C#N)C#N)c(F)c1F.N#CC(C#N)=c1c(F)nc(=c2nc(F)c(=C(C#N)C#N)c(F)n2)nc1F.N#Cc1nc2c3nc(C#N)c(C#N)nc3c3nc(C#N)c(C#N)nc3c2nc1C#N.[C-]#[N+]/C(C#N)=C1/C(F)=C(F)C2=C(F)C(=C(C#N)C#N)C(F)=C(F)C2C1F. The monoisotopic (exact) mass is 1380 g/mol. The Kier molecular flexibility index (Phi) is 22.1. The van der Waals surface area contributed by atoms with Crippen LogP contribution in [0.4, 0.5) is 61.5 Å². The minimum absolute atomic E-state index is 0.0237. The van der Waals surface area contributed by atoms with Crippen LogP contribution in [-0.4, -0.2) is 56.0 Å². The largest absolute Gasteiger partial charge is 0.270 e. The lowest BCUT2D eigenvalue weighted by Crippen LogP contribution is -2.31. The zero-order chi connectivity index (χ0) is 76.0. The minimum Gasteiger partial charge on any atom is -0.242 e. The van der Waals surface area contributed by atoms with Crippen LogP contribution >= 0.6 is 0 Å². The van der Waals surface area contributed by atoms with E-state index in [1.165, 1.54) is 24.3 Å². The highest BCUT2D eigenvalue weighted by Crippen LogP contribution is 2.53. The van der Waals surface area contributed by atoms with Gasteiger partial charge in [-0.2, -0.15) is 122 Å². The van der Waals surface area contributed by atoms with Crippen LogP contribution in [0.3, 0.4) is 0 Å². The Morgan fingerprint density at radius 1 is 0.314 bits per heavy atom. The predicted molar refractivity (Wildman–Crippen MR) is 291 cm³/mol. The van der Waals surface area contributed by atoms with Gasteiger partial charge in [-0.3, -0.25) is 0 Å². The van der Waals surface area contributed by atoms with Gasteiger partial charge in [0.2, 0.25) is 34.7 Å². The van der Waals surface area contributed by atoms with E-state index >= 15 is 0 Å². The molecule has 480 valence electrons. The number of nitrogens with zero attached hydrogens (tertiary/aromatic N) is 28. The molecular formula is C60H2F14N28. The fraction of sp³-hybridized carbons (Fsp3) is 0.0333. The molecule has 0 amide bonds. The smallest absolute Gasteiger partial charge is 0.242 e. The van der Waals surface area contributed by atoms with E-state index in [0.717, 1.165) is 42.5 Å². The fourth-order valence-corrected chi connectivity index (χ4v) is 8.33. The molecule has 0 fully saturated rings. The van der Waals surface area contributed by atoms with E-state index in [0.29, 0.717) is 0 Å². The number of benzene rings is 2. The lowest BCUT2D eigenvalue weighted by Gasteiger charge is -2.32. The molecule has 0 saturated heterocycles. The number of aromatic nitrogens is 10. The second kappa shape index (κ2) is 30.6. The molecule has 28 nitrogen and oxygen atoms in total. The molecule has 7 aromatic rings. The van der Waals surface area contributed by atoms with Crippen LogP contribution in [0.1, 0.15) is 34.2 Å². The summed E-state index contributed by atoms with van der Waals surface area (Å²) in [5.74, 6) is -27.9. The minimum atomic E-state index is -2.99. The van der Waals surface area contributed by atoms with E-state index in [1.807, 2.05) is 0 Å². The summed E-state index contributed by atoms with van der Waals surface area (Å²) in [6, 6.07) is 23.0. The van der Waals surface area contributed by atoms with E-state index in [2.05, 4.69) is 54.7 Å². The van der Waals surface area contributed by atoms with Crippen molar-refractivity contribution in [3.8, 4) is 103 Å². The molecule has 5 aromatic heterocycles. The molecule has 0 N–H and O–H groups in total. The van der Waals surface area contributed by atoms with E-state index in [1.54, 1.807) is 36.4 Å². The second-order valence-electron chi connectivity index (χ2n) is 17.8. The molecule has 0 aliphatic heterocycles. The molecule has 42 heteroatoms. The third-order valence-electron chi connectivity index (χ3n) is 12.6. The maximum absolute atomic E-state index is 14.5. The number of alkyl halides is 1. The van der Waals surface area contributed by atoms with Gasteiger partial charge in [-0.25, -0.2) is 83.9 Å². The zero-order valence-corrected chi connectivity index (χ0v) is 48.0. The molecule has 0 spiro atoms. The van der Waals surface area contributed by atoms with Gasteiger partial charge in [-0.05, 0) is 0 Å². The number of halogens is 14. The Morgan fingerprint density at radius 3 is 0.794 bits per heavy atom. The van der Waals surface area contributed by atoms with Crippen LogP contribution in [0, 0.1) is 263 Å². The quantitative estimate of drug-likeness (QED) is 0.0456. The van der Waals surface area contributed by atoms with Gasteiger partial charge < -0.3 is 0 Å². The summed E-state index contributed by atoms with van der Waals surface area (Å²) in [5, 5.41) is 145. The van der Waals surface area contributed by atoms with Crippen LogP contribution in [0.5, 0.6) is 0 Å². The number of hydrogen-bond donors (Lipinski definition) is 0. The van der Waals surface area contributed by atoms with Gasteiger partial charge in [0.25, 0.3) is 5.70 Å². The third-order valence-corrected chi connectivity index (χ3v) is 12.6. The topological polar surface area (TPSA) is 538 Å². The summed E-state index contributed by atoms with van der Waals surface area (Å²) >= 11 is 0. The summed E-state index contributed by atoms with van der Waals surface area (Å²) in [5.41, 5.74) is -15.3. The molecular weight excluding hydrogens is 1380 g/mol. The molecule has 102 heavy (non-hydrogen) atoms. The van der Waals surface area contributed by atoms with Crippen LogP contribution in [0.25, 0.3) is 60.2 Å². The Bertz CT molecular complexity index is 5800. The molecule has 0 radical (unpaired) electrons. The normalized spacial score (nSPS) is 13.2. The van der Waals surface area contributed by atoms with Crippen LogP contribution in [0.2, 0.25) is 0 Å². The van der Waals surface area contributed by atoms with Gasteiger partial charge in [0, 0.05) is 11.1 Å². The number of nitriles is 17. The van der Waals surface area contributed by atoms with E-state index in [9.17, 15) is 93.0 Å². The molecule has 0 saturated carbocycles. The van der Waals surface area contributed by atoms with E-state index < -0.39 is 170 Å². The van der Waals surface area contributed by atoms with E-state index in [-0.39, 0.29) is 67.3 Å². The van der Waals surface area contributed by atoms with Crippen molar-refractivity contribution < 1.29 is 61.5 Å². The summed E-state index contributed by atoms with van der Waals surface area (Å²) in [4.78, 5) is 39.5. The fourth-order valence-electron chi connectivity index (χ4n) is 8.33. The average Bonchev–Trinajstić information content (AvgIpc) is 0.733. The van der Waals surface area contributed by atoms with Crippen molar-refractivity contribution in [1.82, 2.24) is 49.8 Å². The highest BCUT2D eigenvalue weighted by atomic mass is 19.2. The highest BCUT2D eigenvalue weighted by molar-refractivity contribution is 6.18. The zero-order valence-electron chi connectivity index (χ0n) is 48.0. The Labute approximate surface area is 551 Å². The van der Waals surface area contributed by atoms with Crippen molar-refractivity contribution >= 4 is 55.4 Å². The number of hydrogen-bond acceptors (Lipinski definition) is 27. The van der Waals surface area contributed by atoms with Crippen molar-refractivity contribution in [1.29, 1.82) is 89.5 Å². The van der Waals surface area contributed by atoms with Crippen molar-refractivity contribution in [3.63, 3.8) is 0 Å². The predicted octanol–water partition coefficient (Wildman–Crippen LogP) is 5.42. The first-order chi connectivity index (χ1) is 48.7. The third kappa shape index (κ3) is 12.9. The number of allylic oxidation sites excluding steroid dienone is 10. The van der Waals surface area contributed by atoms with Gasteiger partial charge in [0.15, 0.2) is 74.9 Å². The highest BCUT2D eigenvalue weighted by Gasteiger charge is 2.50. The van der Waals surface area contributed by atoms with Crippen LogP contribution < -0.4 is 20.9 Å². The lowest BCUT2D eigenvalue weighted by atomic mass is 9.76. The number of rotatable bonds is 0. The van der Waals surface area contributed by atoms with Gasteiger partial charge in [0.05, 0.1) is 34.6 Å². The maximum Gasteiger partial charge on any atom is 0.270 e. The van der Waals surface area contributed by atoms with Crippen molar-refractivity contribution in [2.24, 2.45) is 5.92 Å². The Balaban J connectivity index is 0.000000216. The second-order valence-corrected chi connectivity index (χ2v) is 17.8. The van der Waals surface area contributed by atoms with Crippen molar-refractivity contribution in [2.75, 3.05) is 0 Å². The Morgan fingerprint density at radius 2 is 0.569 bits per heavy atom. The summed E-state index contributed by atoms with van der Waals surface area (Å²) in [6.45, 7) is 6.66. The summed E-state index contributed by atoms with van der Waals surface area (Å²) in [7, 11) is 0. The summed E-state index contributed by atoms with van der Waals surface area (Å²) < 4.78 is 196. The van der Waals surface area contributed by atoms with Gasteiger partial charge >= 0.3 is 0 Å². The standard InChI is InChI=1S/C18N12.C16H2F6N4.C14F4N8.C12F4N4/c19-1-7-8(2-20)26-14-13(25-7)15-17(29-10(4-22)9(3-21)27-15)18-16(14)28-11(5-23)12(6-24)30-18;1-26-6(4-25)8-12(18)10-9(16(22)14(8)20)11(17)7(5(2-23)3-24)13(19)15(10)21;15-9-7(5(1-19)2-20)10(16)24-13(23-9)14-25-11(17)8(12(18)26-14)6(3-21)4-22;13-9-7(5(1-17)2-18)10(14)12(16)8(11(9)15)6(3-19)4-20/h;10,12H;;/b;8-6+;;. The van der Waals surface area contributed by atoms with Crippen LogP contribution in [-0.2, 0) is 0 Å². The average molecular weight is 1380 g/mol. The maximum atomic E-state index is 14.5. The molecule has 2 aliphatic carbocycles. The van der Waals surface area contributed by atoms with Gasteiger partial charge in [-0.15, -0.1) is 0 Å². The van der Waals surface area contributed by atoms with Crippen LogP contribution in [0.15, 0.2) is 57.1 Å². The molecule has 5 heterocycles. The van der Waals surface area contributed by atoms with E-state index in [4.69, 9.17) is 64.5 Å². The van der Waals surface area contributed by atoms with Crippen molar-refractivity contribution in [2.45, 2.75) is 6.17 Å². The molecule has 9 rings (SSSR count). The molecule has 2 atom stereocenters. The molecule has 0 bridgehead atoms. The molecule has 2 aliphatic rings. The van der Waals surface area contributed by atoms with Crippen molar-refractivity contribution in [3.05, 3.63) is 182 Å². The molecule has 2 unspecified atom stereocenters. The van der Waals surface area contributed by atoms with Gasteiger partial charge in [0.1, 0.15) is 186 Å². The number of fused-ring (bicyclic) bond motifs is 7. The van der Waals surface area contributed by atoms with Gasteiger partial charge in [-0.1, -0.05) is 0 Å². The lowest BCUT2D eigenvalue weighted by molar-refractivity contribution is 0.257. The Hall–Kier alpha value is -17.4.